The van der Waals surface area contributed by atoms with Gasteiger partial charge in [0, 0.05) is 19.4 Å². The molecular formula is C24H36ClNO2. The van der Waals surface area contributed by atoms with Crippen molar-refractivity contribution >= 4 is 18.2 Å². The van der Waals surface area contributed by atoms with E-state index in [4.69, 9.17) is 4.74 Å². The topological polar surface area (TPSA) is 29.5 Å². The standard InChI is InChI=1S/C24H35NO2.ClH/c1-4-25(5-2)12-13-27-19-7-9-20-17(14-19)6-8-22-21(20)10-11-24(3)16-18(26)15-23(22)24;/h7,9,14,21-23H,4-6,8,10-13,15-16H2,1-3H3;1H/t21-,22-,23+,24-;/m1./s1. The van der Waals surface area contributed by atoms with Gasteiger partial charge in [-0.15, -0.1) is 12.4 Å². The fraction of sp³-hybridized carbons (Fsp3) is 0.708. The molecule has 1 aromatic rings. The average Bonchev–Trinajstić information content (AvgIpc) is 2.99. The number of benzene rings is 1. The number of ketones is 1. The van der Waals surface area contributed by atoms with Crippen molar-refractivity contribution in [1.29, 1.82) is 0 Å². The van der Waals surface area contributed by atoms with Gasteiger partial charge in [-0.3, -0.25) is 4.79 Å². The number of halogens is 1. The van der Waals surface area contributed by atoms with Crippen LogP contribution in [0.15, 0.2) is 18.2 Å². The van der Waals surface area contributed by atoms with Crippen molar-refractivity contribution in [3.63, 3.8) is 0 Å². The van der Waals surface area contributed by atoms with Gasteiger partial charge in [-0.25, -0.2) is 0 Å². The largest absolute Gasteiger partial charge is 0.492 e. The zero-order valence-corrected chi connectivity index (χ0v) is 18.5. The lowest BCUT2D eigenvalue weighted by molar-refractivity contribution is -0.118. The summed E-state index contributed by atoms with van der Waals surface area (Å²) in [5.41, 5.74) is 3.32. The molecule has 0 radical (unpaired) electrons. The molecule has 0 heterocycles. The van der Waals surface area contributed by atoms with Crippen LogP contribution in [0.2, 0.25) is 0 Å². The molecule has 3 aliphatic carbocycles. The highest BCUT2D eigenvalue weighted by Gasteiger charge is 2.52. The average molecular weight is 406 g/mol. The van der Waals surface area contributed by atoms with Crippen LogP contribution in [0.3, 0.4) is 0 Å². The molecule has 0 N–H and O–H groups in total. The van der Waals surface area contributed by atoms with Crippen LogP contribution in [-0.4, -0.2) is 36.9 Å². The number of aryl methyl sites for hydroxylation is 1. The molecule has 0 spiro atoms. The van der Waals surface area contributed by atoms with Gasteiger partial charge in [0.2, 0.25) is 0 Å². The zero-order valence-electron chi connectivity index (χ0n) is 17.7. The molecule has 0 amide bonds. The molecule has 156 valence electrons. The molecule has 0 bridgehead atoms. The maximum Gasteiger partial charge on any atom is 0.133 e. The van der Waals surface area contributed by atoms with Crippen molar-refractivity contribution in [1.82, 2.24) is 4.90 Å². The minimum atomic E-state index is 0. The summed E-state index contributed by atoms with van der Waals surface area (Å²) < 4.78 is 6.06. The van der Waals surface area contributed by atoms with Crippen LogP contribution in [0.5, 0.6) is 5.75 Å². The van der Waals surface area contributed by atoms with Crippen LogP contribution in [0.1, 0.15) is 69.9 Å². The predicted octanol–water partition coefficient (Wildman–Crippen LogP) is 5.25. The van der Waals surface area contributed by atoms with E-state index in [1.807, 2.05) is 0 Å². The highest BCUT2D eigenvalue weighted by molar-refractivity contribution is 5.85. The van der Waals surface area contributed by atoms with Crippen molar-refractivity contribution in [2.24, 2.45) is 17.3 Å². The smallest absolute Gasteiger partial charge is 0.133 e. The minimum absolute atomic E-state index is 0. The van der Waals surface area contributed by atoms with Crippen molar-refractivity contribution < 1.29 is 9.53 Å². The Hall–Kier alpha value is -1.06. The third-order valence-electron chi connectivity index (χ3n) is 7.84. The number of rotatable bonds is 6. The number of carbonyl (C=O) groups is 1. The molecule has 0 aliphatic heterocycles. The fourth-order valence-corrected chi connectivity index (χ4v) is 6.26. The van der Waals surface area contributed by atoms with E-state index >= 15 is 0 Å². The SMILES string of the molecule is CCN(CC)CCOc1ccc2c(c1)CC[C@@H]1[C@@H]2CC[C@]2(C)CC(=O)C[C@@H]12.Cl. The van der Waals surface area contributed by atoms with Crippen molar-refractivity contribution in [2.45, 2.75) is 65.2 Å². The number of hydrogen-bond donors (Lipinski definition) is 0. The van der Waals surface area contributed by atoms with Crippen molar-refractivity contribution in [3.8, 4) is 5.75 Å². The highest BCUT2D eigenvalue weighted by atomic mass is 35.5. The summed E-state index contributed by atoms with van der Waals surface area (Å²) in [6.07, 6.45) is 6.51. The molecule has 4 rings (SSSR count). The summed E-state index contributed by atoms with van der Waals surface area (Å²) in [6, 6.07) is 6.80. The Kier molecular flexibility index (Phi) is 6.76. The molecule has 28 heavy (non-hydrogen) atoms. The van der Waals surface area contributed by atoms with Crippen LogP contribution < -0.4 is 4.74 Å². The molecule has 3 nitrogen and oxygen atoms in total. The first kappa shape index (κ1) is 21.6. The number of nitrogens with zero attached hydrogens (tertiary/aromatic N) is 1. The van der Waals surface area contributed by atoms with Gasteiger partial charge < -0.3 is 9.64 Å². The van der Waals surface area contributed by atoms with Gasteiger partial charge in [0.25, 0.3) is 0 Å². The number of Topliss-reactive ketones (excluding diaryl/α,β-unsaturated/α-hetero) is 1. The first-order chi connectivity index (χ1) is 13.0. The van der Waals surface area contributed by atoms with Gasteiger partial charge in [0.05, 0.1) is 0 Å². The first-order valence-corrected chi connectivity index (χ1v) is 11.0. The van der Waals surface area contributed by atoms with E-state index in [1.165, 1.54) is 24.8 Å². The molecule has 2 fully saturated rings. The maximum atomic E-state index is 12.2. The van der Waals surface area contributed by atoms with E-state index in [2.05, 4.69) is 43.9 Å². The number of fused-ring (bicyclic) bond motifs is 5. The van der Waals surface area contributed by atoms with Crippen LogP contribution >= 0.6 is 12.4 Å². The van der Waals surface area contributed by atoms with E-state index in [1.54, 1.807) is 5.56 Å². The predicted molar refractivity (Wildman–Crippen MR) is 117 cm³/mol. The third-order valence-corrected chi connectivity index (χ3v) is 7.84. The molecule has 0 saturated heterocycles. The second-order valence-corrected chi connectivity index (χ2v) is 9.26. The van der Waals surface area contributed by atoms with Crippen LogP contribution in [0.25, 0.3) is 0 Å². The number of likely N-dealkylation sites (N-methyl/N-ethyl adjacent to an activating group) is 1. The Bertz CT molecular complexity index is 702. The van der Waals surface area contributed by atoms with Gasteiger partial charge in [0.1, 0.15) is 18.1 Å². The minimum Gasteiger partial charge on any atom is -0.492 e. The molecule has 4 heteroatoms. The molecular weight excluding hydrogens is 370 g/mol. The molecule has 1 aromatic carbocycles. The monoisotopic (exact) mass is 405 g/mol. The fourth-order valence-electron chi connectivity index (χ4n) is 6.26. The molecule has 0 aromatic heterocycles. The second kappa shape index (κ2) is 8.75. The number of carbonyl (C=O) groups excluding carboxylic acids is 1. The number of hydrogen-bond acceptors (Lipinski definition) is 3. The summed E-state index contributed by atoms with van der Waals surface area (Å²) in [7, 11) is 0. The summed E-state index contributed by atoms with van der Waals surface area (Å²) in [4.78, 5) is 14.5. The molecule has 2 saturated carbocycles. The lowest BCUT2D eigenvalue weighted by Gasteiger charge is -2.48. The Labute approximate surface area is 176 Å². The van der Waals surface area contributed by atoms with E-state index < -0.39 is 0 Å². The summed E-state index contributed by atoms with van der Waals surface area (Å²) in [5.74, 6) is 3.50. The first-order valence-electron chi connectivity index (χ1n) is 11.0. The van der Waals surface area contributed by atoms with Gasteiger partial charge in [-0.2, -0.15) is 0 Å². The molecule has 4 atom stereocenters. The maximum absolute atomic E-state index is 12.2. The number of ether oxygens (including phenoxy) is 1. The van der Waals surface area contributed by atoms with E-state index in [0.717, 1.165) is 51.3 Å². The van der Waals surface area contributed by atoms with Crippen molar-refractivity contribution in [3.05, 3.63) is 29.3 Å². The van der Waals surface area contributed by atoms with E-state index in [-0.39, 0.29) is 17.8 Å². The van der Waals surface area contributed by atoms with E-state index in [9.17, 15) is 4.79 Å². The summed E-state index contributed by atoms with van der Waals surface area (Å²) in [6.45, 7) is 10.7. The summed E-state index contributed by atoms with van der Waals surface area (Å²) >= 11 is 0. The lowest BCUT2D eigenvalue weighted by Crippen LogP contribution is -2.39. The van der Waals surface area contributed by atoms with Crippen LogP contribution in [0.4, 0.5) is 0 Å². The Morgan fingerprint density at radius 1 is 1.21 bits per heavy atom. The molecule has 0 unspecified atom stereocenters. The van der Waals surface area contributed by atoms with Gasteiger partial charge in [0.15, 0.2) is 0 Å². The lowest BCUT2D eigenvalue weighted by atomic mass is 9.56. The van der Waals surface area contributed by atoms with Gasteiger partial charge in [-0.05, 0) is 85.2 Å². The van der Waals surface area contributed by atoms with Crippen LogP contribution in [0, 0.1) is 17.3 Å². The highest BCUT2D eigenvalue weighted by Crippen LogP contribution is 2.60. The van der Waals surface area contributed by atoms with Gasteiger partial charge >= 0.3 is 0 Å². The van der Waals surface area contributed by atoms with Crippen molar-refractivity contribution in [2.75, 3.05) is 26.2 Å². The molecule has 3 aliphatic rings. The van der Waals surface area contributed by atoms with Gasteiger partial charge in [-0.1, -0.05) is 26.8 Å². The summed E-state index contributed by atoms with van der Waals surface area (Å²) in [5, 5.41) is 0. The Morgan fingerprint density at radius 3 is 2.75 bits per heavy atom. The van der Waals surface area contributed by atoms with E-state index in [0.29, 0.717) is 23.5 Å². The second-order valence-electron chi connectivity index (χ2n) is 9.26. The third kappa shape index (κ3) is 3.98. The Morgan fingerprint density at radius 2 is 2.00 bits per heavy atom. The quantitative estimate of drug-likeness (QED) is 0.646. The zero-order chi connectivity index (χ0) is 19.0. The Balaban J connectivity index is 0.00000225. The normalized spacial score (nSPS) is 31.0. The van der Waals surface area contributed by atoms with Crippen LogP contribution in [-0.2, 0) is 11.2 Å².